The van der Waals surface area contributed by atoms with Crippen LogP contribution < -0.4 is 4.74 Å². The summed E-state index contributed by atoms with van der Waals surface area (Å²) >= 11 is 3.41. The summed E-state index contributed by atoms with van der Waals surface area (Å²) in [5.41, 5.74) is 1.72. The molecule has 0 aliphatic rings. The highest BCUT2D eigenvalue weighted by Gasteiger charge is 2.09. The maximum absolute atomic E-state index is 10.6. The van der Waals surface area contributed by atoms with Gasteiger partial charge in [0.25, 0.3) is 0 Å². The molecule has 0 saturated carbocycles. The smallest absolute Gasteiger partial charge is 0.153 e. The summed E-state index contributed by atoms with van der Waals surface area (Å²) in [4.78, 5) is 10.6. The molecule has 13 heavy (non-hydrogen) atoms. The van der Waals surface area contributed by atoms with E-state index in [-0.39, 0.29) is 0 Å². The van der Waals surface area contributed by atoms with Gasteiger partial charge < -0.3 is 4.74 Å². The lowest BCUT2D eigenvalue weighted by Gasteiger charge is -2.09. The third-order valence-corrected chi connectivity index (χ3v) is 2.79. The Balaban J connectivity index is 3.31. The van der Waals surface area contributed by atoms with Crippen molar-refractivity contribution in [2.24, 2.45) is 0 Å². The fourth-order valence-corrected chi connectivity index (χ4v) is 1.99. The van der Waals surface area contributed by atoms with Crippen LogP contribution in [0.25, 0.3) is 0 Å². The Morgan fingerprint density at radius 3 is 2.69 bits per heavy atom. The van der Waals surface area contributed by atoms with Gasteiger partial charge in [-0.25, -0.2) is 0 Å². The zero-order valence-electron chi connectivity index (χ0n) is 7.63. The number of ether oxygens (including phenoxy) is 1. The summed E-state index contributed by atoms with van der Waals surface area (Å²) in [6.45, 7) is 2.06. The molecule has 0 aliphatic heterocycles. The Morgan fingerprint density at radius 1 is 1.54 bits per heavy atom. The van der Waals surface area contributed by atoms with Crippen LogP contribution in [-0.2, 0) is 6.42 Å². The van der Waals surface area contributed by atoms with Crippen molar-refractivity contribution < 1.29 is 9.53 Å². The first kappa shape index (κ1) is 10.3. The van der Waals surface area contributed by atoms with Crippen molar-refractivity contribution in [1.29, 1.82) is 0 Å². The van der Waals surface area contributed by atoms with Crippen molar-refractivity contribution in [3.63, 3.8) is 0 Å². The molecule has 0 N–H and O–H groups in total. The van der Waals surface area contributed by atoms with Gasteiger partial charge in [0, 0.05) is 0 Å². The molecule has 0 bridgehead atoms. The number of rotatable bonds is 3. The molecular formula is C10H11BrO2. The van der Waals surface area contributed by atoms with Crippen molar-refractivity contribution in [2.45, 2.75) is 13.3 Å². The largest absolute Gasteiger partial charge is 0.495 e. The summed E-state index contributed by atoms with van der Waals surface area (Å²) in [5, 5.41) is 0. The average molecular weight is 243 g/mol. The predicted molar refractivity (Wildman–Crippen MR) is 55.5 cm³/mol. The maximum Gasteiger partial charge on any atom is 0.153 e. The number of halogens is 1. The molecule has 0 unspecified atom stereocenters. The van der Waals surface area contributed by atoms with Gasteiger partial charge in [0.1, 0.15) is 5.75 Å². The standard InChI is InChI=1S/C10H11BrO2/c1-3-7-4-5-8(6-12)10(13-2)9(7)11/h4-6H,3H2,1-2H3. The number of carbonyl (C=O) groups excluding carboxylic acids is 1. The van der Waals surface area contributed by atoms with Gasteiger partial charge in [-0.3, -0.25) is 4.79 Å². The second kappa shape index (κ2) is 4.42. The van der Waals surface area contributed by atoms with Crippen LogP contribution in [0, 0.1) is 0 Å². The van der Waals surface area contributed by atoms with E-state index in [4.69, 9.17) is 4.74 Å². The molecular weight excluding hydrogens is 232 g/mol. The van der Waals surface area contributed by atoms with Crippen LogP contribution in [0.15, 0.2) is 16.6 Å². The third kappa shape index (κ3) is 1.91. The summed E-state index contributed by atoms with van der Waals surface area (Å²) in [5.74, 6) is 0.620. The topological polar surface area (TPSA) is 26.3 Å². The molecule has 2 nitrogen and oxygen atoms in total. The number of aldehydes is 1. The monoisotopic (exact) mass is 242 g/mol. The van der Waals surface area contributed by atoms with Gasteiger partial charge in [0.05, 0.1) is 17.1 Å². The number of benzene rings is 1. The fourth-order valence-electron chi connectivity index (χ4n) is 1.19. The quantitative estimate of drug-likeness (QED) is 0.763. The van der Waals surface area contributed by atoms with E-state index in [1.54, 1.807) is 13.2 Å². The molecule has 1 rings (SSSR count). The van der Waals surface area contributed by atoms with Crippen LogP contribution in [0.2, 0.25) is 0 Å². The molecule has 0 aromatic heterocycles. The first-order chi connectivity index (χ1) is 6.24. The number of aryl methyl sites for hydroxylation is 1. The minimum atomic E-state index is 0.576. The molecule has 0 amide bonds. The molecule has 3 heteroatoms. The summed E-state index contributed by atoms with van der Waals surface area (Å²) < 4.78 is 6.01. The van der Waals surface area contributed by atoms with E-state index in [0.29, 0.717) is 11.3 Å². The van der Waals surface area contributed by atoms with Gasteiger partial charge in [0.2, 0.25) is 0 Å². The zero-order chi connectivity index (χ0) is 9.84. The summed E-state index contributed by atoms with van der Waals surface area (Å²) in [7, 11) is 1.56. The maximum atomic E-state index is 10.6. The molecule has 0 spiro atoms. The summed E-state index contributed by atoms with van der Waals surface area (Å²) in [6, 6.07) is 3.70. The van der Waals surface area contributed by atoms with E-state index in [1.165, 1.54) is 0 Å². The van der Waals surface area contributed by atoms with Gasteiger partial charge in [-0.2, -0.15) is 0 Å². The molecule has 70 valence electrons. The van der Waals surface area contributed by atoms with E-state index < -0.39 is 0 Å². The first-order valence-corrected chi connectivity index (χ1v) is 4.84. The summed E-state index contributed by atoms with van der Waals surface area (Å²) in [6.07, 6.45) is 1.71. The SMILES string of the molecule is CCc1ccc(C=O)c(OC)c1Br. The Morgan fingerprint density at radius 2 is 2.23 bits per heavy atom. The van der Waals surface area contributed by atoms with Crippen LogP contribution in [0.3, 0.4) is 0 Å². The Bertz CT molecular complexity index is 321. The van der Waals surface area contributed by atoms with Crippen molar-refractivity contribution in [2.75, 3.05) is 7.11 Å². The third-order valence-electron chi connectivity index (χ3n) is 1.92. The van der Waals surface area contributed by atoms with E-state index >= 15 is 0 Å². The van der Waals surface area contributed by atoms with Crippen molar-refractivity contribution in [3.8, 4) is 5.75 Å². The van der Waals surface area contributed by atoms with E-state index in [2.05, 4.69) is 22.9 Å². The zero-order valence-corrected chi connectivity index (χ0v) is 9.22. The molecule has 0 fully saturated rings. The van der Waals surface area contributed by atoms with E-state index in [9.17, 15) is 4.79 Å². The van der Waals surface area contributed by atoms with Crippen LogP contribution in [0.4, 0.5) is 0 Å². The molecule has 0 saturated heterocycles. The van der Waals surface area contributed by atoms with Gasteiger partial charge >= 0.3 is 0 Å². The Labute approximate surface area is 86.0 Å². The van der Waals surface area contributed by atoms with Crippen LogP contribution in [0.5, 0.6) is 5.75 Å². The second-order valence-electron chi connectivity index (χ2n) is 2.63. The number of hydrogen-bond acceptors (Lipinski definition) is 2. The lowest BCUT2D eigenvalue weighted by Crippen LogP contribution is -1.94. The van der Waals surface area contributed by atoms with Crippen molar-refractivity contribution in [3.05, 3.63) is 27.7 Å². The van der Waals surface area contributed by atoms with E-state index in [1.807, 2.05) is 6.07 Å². The lowest BCUT2D eigenvalue weighted by atomic mass is 10.1. The number of methoxy groups -OCH3 is 1. The van der Waals surface area contributed by atoms with Crippen LogP contribution in [-0.4, -0.2) is 13.4 Å². The van der Waals surface area contributed by atoms with Crippen molar-refractivity contribution in [1.82, 2.24) is 0 Å². The molecule has 0 heterocycles. The van der Waals surface area contributed by atoms with Gasteiger partial charge in [-0.1, -0.05) is 13.0 Å². The highest BCUT2D eigenvalue weighted by Crippen LogP contribution is 2.31. The number of hydrogen-bond donors (Lipinski definition) is 0. The van der Waals surface area contributed by atoms with Crippen LogP contribution in [0.1, 0.15) is 22.8 Å². The normalized spacial score (nSPS) is 9.77. The van der Waals surface area contributed by atoms with Gasteiger partial charge in [-0.15, -0.1) is 0 Å². The highest BCUT2D eigenvalue weighted by atomic mass is 79.9. The van der Waals surface area contributed by atoms with Crippen LogP contribution >= 0.6 is 15.9 Å². The number of carbonyl (C=O) groups is 1. The fraction of sp³-hybridized carbons (Fsp3) is 0.300. The first-order valence-electron chi connectivity index (χ1n) is 4.05. The molecule has 1 aromatic rings. The van der Waals surface area contributed by atoms with Gasteiger partial charge in [-0.05, 0) is 34.0 Å². The lowest BCUT2D eigenvalue weighted by molar-refractivity contribution is 0.112. The average Bonchev–Trinajstić information content (AvgIpc) is 2.17. The van der Waals surface area contributed by atoms with E-state index in [0.717, 1.165) is 22.7 Å². The molecule has 0 atom stereocenters. The highest BCUT2D eigenvalue weighted by molar-refractivity contribution is 9.10. The molecule has 0 aliphatic carbocycles. The predicted octanol–water partition coefficient (Wildman–Crippen LogP) is 2.83. The molecule has 1 aromatic carbocycles. The minimum Gasteiger partial charge on any atom is -0.495 e. The van der Waals surface area contributed by atoms with Gasteiger partial charge in [0.15, 0.2) is 6.29 Å². The Hall–Kier alpha value is -0.830. The van der Waals surface area contributed by atoms with Crippen molar-refractivity contribution >= 4 is 22.2 Å². The minimum absolute atomic E-state index is 0.576. The Kier molecular flexibility index (Phi) is 3.48. The second-order valence-corrected chi connectivity index (χ2v) is 3.43. The molecule has 0 radical (unpaired) electrons.